The zero-order valence-corrected chi connectivity index (χ0v) is 13.7. The van der Waals surface area contributed by atoms with Crippen molar-refractivity contribution in [2.45, 2.75) is 0 Å². The third kappa shape index (κ3) is 6.55. The molecule has 2 atom stereocenters. The predicted molar refractivity (Wildman–Crippen MR) is 73.7 cm³/mol. The van der Waals surface area contributed by atoms with Gasteiger partial charge in [0.15, 0.2) is 6.20 Å². The molecule has 0 aromatic heterocycles. The van der Waals surface area contributed by atoms with Crippen molar-refractivity contribution in [3.63, 3.8) is 0 Å². The average molecular weight is 293 g/mol. The van der Waals surface area contributed by atoms with Gasteiger partial charge in [0.1, 0.15) is 34.4 Å². The Bertz CT molecular complexity index is 337. The molecule has 8 heteroatoms. The summed E-state index contributed by atoms with van der Waals surface area (Å²) in [5.41, 5.74) is 0. The lowest BCUT2D eigenvalue weighted by Gasteiger charge is -2.33. The highest BCUT2D eigenvalue weighted by atomic mass is 17.2. The summed E-state index contributed by atoms with van der Waals surface area (Å²) in [7, 11) is 12.0. The van der Waals surface area contributed by atoms with E-state index in [4.69, 9.17) is 19.6 Å². The molecule has 20 heavy (non-hydrogen) atoms. The molecule has 0 fully saturated rings. The Kier molecular flexibility index (Phi) is 6.94. The van der Waals surface area contributed by atoms with Crippen molar-refractivity contribution < 1.29 is 33.8 Å². The van der Waals surface area contributed by atoms with Crippen molar-refractivity contribution in [2.75, 3.05) is 56.1 Å². The first-order chi connectivity index (χ1) is 9.01. The van der Waals surface area contributed by atoms with Gasteiger partial charge in [-0.15, -0.1) is 5.06 Å². The van der Waals surface area contributed by atoms with Crippen LogP contribution in [0.25, 0.3) is 0 Å². The maximum absolute atomic E-state index is 5.84. The van der Waals surface area contributed by atoms with Crippen molar-refractivity contribution in [3.05, 3.63) is 25.6 Å². The molecule has 0 aliphatic rings. The van der Waals surface area contributed by atoms with Gasteiger partial charge in [-0.2, -0.15) is 0 Å². The Labute approximate surface area is 121 Å². The van der Waals surface area contributed by atoms with Crippen molar-refractivity contribution in [1.29, 1.82) is 0 Å². The van der Waals surface area contributed by atoms with E-state index in [1.165, 1.54) is 11.3 Å². The zero-order valence-electron chi connectivity index (χ0n) is 13.7. The standard InChI is InChI=1S/C12H29N4O4/c1-10-15(7,12-17-9)19-14(5,6)20-16(8,11-2)18-13(3)4/h10-11H,1-2,12H2,3-9H3/q+3. The minimum absolute atomic E-state index is 0.00259. The van der Waals surface area contributed by atoms with Crippen molar-refractivity contribution in [1.82, 2.24) is 5.06 Å². The number of hydrogen-bond acceptors (Lipinski definition) is 5. The fraction of sp³-hybridized carbons (Fsp3) is 0.667. The second kappa shape index (κ2) is 7.25. The van der Waals surface area contributed by atoms with Gasteiger partial charge in [0.05, 0.1) is 14.6 Å². The number of nitrogens with zero attached hydrogens (tertiary/aromatic N) is 4. The molecule has 0 amide bonds. The Balaban J connectivity index is 4.95. The summed E-state index contributed by atoms with van der Waals surface area (Å²) in [6, 6.07) is 0. The van der Waals surface area contributed by atoms with E-state index in [1.807, 2.05) is 0 Å². The Hall–Kier alpha value is -0.840. The molecule has 0 spiro atoms. The smallest absolute Gasteiger partial charge is 0.222 e. The van der Waals surface area contributed by atoms with Crippen LogP contribution in [-0.2, 0) is 19.6 Å². The molecule has 118 valence electrons. The molecule has 0 bridgehead atoms. The topological polar surface area (TPSA) is 40.2 Å². The molecule has 0 rings (SSSR count). The molecule has 0 saturated carbocycles. The quantitative estimate of drug-likeness (QED) is 0.341. The van der Waals surface area contributed by atoms with Crippen LogP contribution in [0.5, 0.6) is 0 Å². The fourth-order valence-electron chi connectivity index (χ4n) is 1.63. The van der Waals surface area contributed by atoms with Gasteiger partial charge in [-0.1, -0.05) is 9.58 Å². The van der Waals surface area contributed by atoms with E-state index in [0.717, 1.165) is 0 Å². The number of rotatable bonds is 10. The minimum atomic E-state index is -0.329. The maximum Gasteiger partial charge on any atom is 0.222 e. The molecule has 8 nitrogen and oxygen atoms in total. The summed E-state index contributed by atoms with van der Waals surface area (Å²) in [5, 5.41) is 1.51. The third-order valence-corrected chi connectivity index (χ3v) is 2.17. The molecule has 0 radical (unpaired) electrons. The van der Waals surface area contributed by atoms with E-state index in [-0.39, 0.29) is 14.3 Å². The summed E-state index contributed by atoms with van der Waals surface area (Å²) in [4.78, 5) is 16.5. The molecule has 0 aliphatic carbocycles. The fourth-order valence-corrected chi connectivity index (χ4v) is 1.63. The SMILES string of the molecule is C=C[N+](C)(COC)O[N+](C)(C)O[N+](C)(C=C)ON(C)C. The van der Waals surface area contributed by atoms with Gasteiger partial charge in [-0.25, -0.2) is 0 Å². The van der Waals surface area contributed by atoms with Gasteiger partial charge in [-0.3, -0.25) is 0 Å². The highest BCUT2D eigenvalue weighted by Gasteiger charge is 2.44. The van der Waals surface area contributed by atoms with E-state index < -0.39 is 0 Å². The first-order valence-corrected chi connectivity index (χ1v) is 6.12. The van der Waals surface area contributed by atoms with Gasteiger partial charge in [0.2, 0.25) is 6.73 Å². The monoisotopic (exact) mass is 293 g/mol. The lowest BCUT2D eigenvalue weighted by molar-refractivity contribution is -1.50. The molecular formula is C12H29N4O4+3. The van der Waals surface area contributed by atoms with Gasteiger partial charge in [0.25, 0.3) is 0 Å². The largest absolute Gasteiger partial charge is 0.332 e. The van der Waals surface area contributed by atoms with Crippen LogP contribution in [0.1, 0.15) is 0 Å². The number of hydrogen-bond donors (Lipinski definition) is 0. The Morgan fingerprint density at radius 3 is 1.90 bits per heavy atom. The van der Waals surface area contributed by atoms with Crippen molar-refractivity contribution in [3.8, 4) is 0 Å². The molecule has 0 aromatic carbocycles. The van der Waals surface area contributed by atoms with Crippen LogP contribution in [0.3, 0.4) is 0 Å². The minimum Gasteiger partial charge on any atom is -0.332 e. The van der Waals surface area contributed by atoms with E-state index in [0.29, 0.717) is 6.73 Å². The van der Waals surface area contributed by atoms with Crippen LogP contribution < -0.4 is 0 Å². The maximum atomic E-state index is 5.84. The summed E-state index contributed by atoms with van der Waals surface area (Å²) in [6.07, 6.45) is 3.11. The van der Waals surface area contributed by atoms with Crippen LogP contribution in [0.15, 0.2) is 25.6 Å². The van der Waals surface area contributed by atoms with E-state index >= 15 is 0 Å². The van der Waals surface area contributed by atoms with Crippen LogP contribution >= 0.6 is 0 Å². The Morgan fingerprint density at radius 1 is 1.00 bits per heavy atom. The summed E-state index contributed by atoms with van der Waals surface area (Å²) in [6.45, 7) is 7.73. The van der Waals surface area contributed by atoms with Crippen LogP contribution in [0, 0.1) is 0 Å². The first-order valence-electron chi connectivity index (χ1n) is 6.12. The Morgan fingerprint density at radius 2 is 1.55 bits per heavy atom. The summed E-state index contributed by atoms with van der Waals surface area (Å²) >= 11 is 0. The van der Waals surface area contributed by atoms with Gasteiger partial charge < -0.3 is 4.74 Å². The van der Waals surface area contributed by atoms with Gasteiger partial charge in [0, 0.05) is 26.1 Å². The molecule has 0 aliphatic heterocycles. The normalized spacial score (nSPS) is 18.4. The van der Waals surface area contributed by atoms with Crippen LogP contribution in [0.2, 0.25) is 0 Å². The lowest BCUT2D eigenvalue weighted by atomic mass is 10.8. The van der Waals surface area contributed by atoms with Crippen molar-refractivity contribution in [2.24, 2.45) is 0 Å². The molecular weight excluding hydrogens is 264 g/mol. The summed E-state index contributed by atoms with van der Waals surface area (Å²) < 4.78 is 5.11. The van der Waals surface area contributed by atoms with E-state index in [9.17, 15) is 0 Å². The molecule has 0 aromatic rings. The number of hydroxylamine groups is 13. The average Bonchev–Trinajstić information content (AvgIpc) is 2.26. The predicted octanol–water partition coefficient (Wildman–Crippen LogP) is 0.948. The zero-order chi connectivity index (χ0) is 16.0. The number of methoxy groups -OCH3 is 1. The van der Waals surface area contributed by atoms with Gasteiger partial charge >= 0.3 is 0 Å². The number of ether oxygens (including phenoxy) is 1. The first kappa shape index (κ1) is 19.2. The van der Waals surface area contributed by atoms with E-state index in [2.05, 4.69) is 13.2 Å². The molecule has 0 saturated heterocycles. The van der Waals surface area contributed by atoms with Crippen molar-refractivity contribution >= 4 is 0 Å². The highest BCUT2D eigenvalue weighted by Crippen LogP contribution is 2.19. The van der Waals surface area contributed by atoms with Crippen LogP contribution in [-0.4, -0.2) is 75.5 Å². The van der Waals surface area contributed by atoms with E-state index in [1.54, 1.807) is 55.6 Å². The third-order valence-electron chi connectivity index (χ3n) is 2.17. The molecule has 0 heterocycles. The lowest BCUT2D eigenvalue weighted by Crippen LogP contribution is -2.59. The highest BCUT2D eigenvalue weighted by molar-refractivity contribution is 4.45. The second-order valence-electron chi connectivity index (χ2n) is 5.18. The van der Waals surface area contributed by atoms with Gasteiger partial charge in [-0.05, 0) is 13.2 Å². The van der Waals surface area contributed by atoms with Crippen LogP contribution in [0.4, 0.5) is 0 Å². The number of quaternary nitrogens is 3. The molecule has 2 unspecified atom stereocenters. The second-order valence-corrected chi connectivity index (χ2v) is 5.18. The summed E-state index contributed by atoms with van der Waals surface area (Å²) in [5.74, 6) is 0. The molecule has 0 N–H and O–H groups in total.